The molecule has 1 aliphatic rings. The Kier molecular flexibility index (Phi) is 4.13. The molecule has 0 aromatic rings. The van der Waals surface area contributed by atoms with Crippen molar-refractivity contribution in [3.63, 3.8) is 0 Å². The first-order chi connectivity index (χ1) is 6.25. The van der Waals surface area contributed by atoms with Crippen molar-refractivity contribution in [1.29, 1.82) is 0 Å². The summed E-state index contributed by atoms with van der Waals surface area (Å²) in [7, 11) is 0. The summed E-state index contributed by atoms with van der Waals surface area (Å²) >= 11 is 0. The number of carbonyl (C=O) groups is 2. The molecular weight excluding hydrogens is 164 g/mol. The van der Waals surface area contributed by atoms with Crippen molar-refractivity contribution in [2.24, 2.45) is 11.8 Å². The Morgan fingerprint density at radius 3 is 2.92 bits per heavy atom. The van der Waals surface area contributed by atoms with E-state index in [1.807, 2.05) is 6.92 Å². The molecule has 2 atom stereocenters. The molecule has 2 nitrogen and oxygen atoms in total. The summed E-state index contributed by atoms with van der Waals surface area (Å²) in [5, 5.41) is 0. The van der Waals surface area contributed by atoms with E-state index in [0.717, 1.165) is 32.0 Å². The first-order valence-electron chi connectivity index (χ1n) is 5.23. The van der Waals surface area contributed by atoms with Gasteiger partial charge in [0, 0.05) is 18.3 Å². The van der Waals surface area contributed by atoms with Crippen LogP contribution in [0.5, 0.6) is 0 Å². The van der Waals surface area contributed by atoms with Crippen molar-refractivity contribution in [3.05, 3.63) is 0 Å². The molecule has 0 aromatic carbocycles. The lowest BCUT2D eigenvalue weighted by atomic mass is 9.79. The third-order valence-corrected chi connectivity index (χ3v) is 2.95. The second kappa shape index (κ2) is 5.15. The predicted molar refractivity (Wildman–Crippen MR) is 51.4 cm³/mol. The van der Waals surface area contributed by atoms with Crippen LogP contribution in [0.15, 0.2) is 0 Å². The number of carbonyl (C=O) groups excluding carboxylic acids is 2. The third kappa shape index (κ3) is 2.94. The molecule has 0 aromatic heterocycles. The van der Waals surface area contributed by atoms with Crippen molar-refractivity contribution >= 4 is 12.1 Å². The molecule has 1 saturated carbocycles. The Hall–Kier alpha value is -0.660. The largest absolute Gasteiger partial charge is 0.303 e. The van der Waals surface area contributed by atoms with Gasteiger partial charge in [0.2, 0.25) is 0 Å². The van der Waals surface area contributed by atoms with Gasteiger partial charge in [-0.1, -0.05) is 13.3 Å². The summed E-state index contributed by atoms with van der Waals surface area (Å²) in [6.45, 7) is 2.02. The topological polar surface area (TPSA) is 34.1 Å². The molecule has 0 bridgehead atoms. The van der Waals surface area contributed by atoms with E-state index in [4.69, 9.17) is 0 Å². The summed E-state index contributed by atoms with van der Waals surface area (Å²) in [4.78, 5) is 21.7. The number of unbranched alkanes of at least 4 members (excludes halogenated alkanes) is 1. The lowest BCUT2D eigenvalue weighted by Gasteiger charge is -2.24. The molecule has 0 saturated heterocycles. The van der Waals surface area contributed by atoms with E-state index in [1.165, 1.54) is 6.42 Å². The van der Waals surface area contributed by atoms with E-state index < -0.39 is 0 Å². The number of ketones is 1. The fourth-order valence-corrected chi connectivity index (χ4v) is 2.09. The highest BCUT2D eigenvalue weighted by atomic mass is 16.1. The van der Waals surface area contributed by atoms with Crippen LogP contribution in [0.2, 0.25) is 0 Å². The van der Waals surface area contributed by atoms with Crippen molar-refractivity contribution in [3.8, 4) is 0 Å². The molecule has 0 N–H and O–H groups in total. The number of hydrogen-bond acceptors (Lipinski definition) is 2. The van der Waals surface area contributed by atoms with Crippen LogP contribution in [0.25, 0.3) is 0 Å². The molecule has 0 heterocycles. The van der Waals surface area contributed by atoms with Crippen LogP contribution >= 0.6 is 0 Å². The zero-order valence-electron chi connectivity index (χ0n) is 8.29. The highest BCUT2D eigenvalue weighted by Gasteiger charge is 2.27. The summed E-state index contributed by atoms with van der Waals surface area (Å²) in [5.74, 6) is 0.941. The van der Waals surface area contributed by atoms with Gasteiger partial charge in [-0.2, -0.15) is 0 Å². The van der Waals surface area contributed by atoms with E-state index in [0.29, 0.717) is 12.2 Å². The molecule has 0 aliphatic heterocycles. The molecule has 0 amide bonds. The summed E-state index contributed by atoms with van der Waals surface area (Å²) in [6, 6.07) is 0. The van der Waals surface area contributed by atoms with Crippen molar-refractivity contribution in [1.82, 2.24) is 0 Å². The molecule has 0 spiro atoms. The highest BCUT2D eigenvalue weighted by Crippen LogP contribution is 2.28. The first kappa shape index (κ1) is 10.4. The SMILES string of the molecule is CC1CCCC(CCCC=O)C1=O. The Balaban J connectivity index is 2.31. The van der Waals surface area contributed by atoms with Gasteiger partial charge in [0.15, 0.2) is 0 Å². The van der Waals surface area contributed by atoms with Gasteiger partial charge >= 0.3 is 0 Å². The minimum atomic E-state index is 0.253. The van der Waals surface area contributed by atoms with Crippen molar-refractivity contribution in [2.45, 2.75) is 45.4 Å². The Morgan fingerprint density at radius 1 is 1.46 bits per heavy atom. The van der Waals surface area contributed by atoms with E-state index in [-0.39, 0.29) is 11.8 Å². The number of hydrogen-bond donors (Lipinski definition) is 0. The van der Waals surface area contributed by atoms with Gasteiger partial charge in [-0.15, -0.1) is 0 Å². The van der Waals surface area contributed by atoms with Gasteiger partial charge in [0.25, 0.3) is 0 Å². The maximum atomic E-state index is 11.6. The van der Waals surface area contributed by atoms with Crippen molar-refractivity contribution < 1.29 is 9.59 Å². The van der Waals surface area contributed by atoms with Gasteiger partial charge in [-0.3, -0.25) is 4.79 Å². The van der Waals surface area contributed by atoms with Crippen LogP contribution in [-0.2, 0) is 9.59 Å². The van der Waals surface area contributed by atoms with Crippen LogP contribution in [0.1, 0.15) is 45.4 Å². The predicted octanol–water partition coefficient (Wildman–Crippen LogP) is 2.36. The molecule has 2 unspecified atom stereocenters. The molecule has 1 fully saturated rings. The lowest BCUT2D eigenvalue weighted by Crippen LogP contribution is -2.26. The summed E-state index contributed by atoms with van der Waals surface area (Å²) in [5.41, 5.74) is 0. The van der Waals surface area contributed by atoms with Crippen LogP contribution in [-0.4, -0.2) is 12.1 Å². The van der Waals surface area contributed by atoms with E-state index in [1.54, 1.807) is 0 Å². The first-order valence-corrected chi connectivity index (χ1v) is 5.23. The molecule has 74 valence electrons. The summed E-state index contributed by atoms with van der Waals surface area (Å²) in [6.07, 6.45) is 6.63. The zero-order valence-corrected chi connectivity index (χ0v) is 8.29. The van der Waals surface area contributed by atoms with Crippen LogP contribution in [0.4, 0.5) is 0 Å². The fourth-order valence-electron chi connectivity index (χ4n) is 2.09. The average Bonchev–Trinajstić information content (AvgIpc) is 2.13. The van der Waals surface area contributed by atoms with Gasteiger partial charge in [-0.25, -0.2) is 0 Å². The number of rotatable bonds is 4. The highest BCUT2D eigenvalue weighted by molar-refractivity contribution is 5.83. The second-order valence-corrected chi connectivity index (χ2v) is 4.03. The quantitative estimate of drug-likeness (QED) is 0.494. The number of aldehydes is 1. The van der Waals surface area contributed by atoms with Gasteiger partial charge in [-0.05, 0) is 25.7 Å². The fraction of sp³-hybridized carbons (Fsp3) is 0.818. The normalized spacial score (nSPS) is 28.8. The van der Waals surface area contributed by atoms with Crippen LogP contribution in [0, 0.1) is 11.8 Å². The second-order valence-electron chi connectivity index (χ2n) is 4.03. The Labute approximate surface area is 79.7 Å². The Bertz CT molecular complexity index is 187. The third-order valence-electron chi connectivity index (χ3n) is 2.95. The van der Waals surface area contributed by atoms with Gasteiger partial charge in [0.05, 0.1) is 0 Å². The monoisotopic (exact) mass is 182 g/mol. The zero-order chi connectivity index (χ0) is 9.68. The molecule has 0 radical (unpaired) electrons. The minimum absolute atomic E-state index is 0.253. The Morgan fingerprint density at radius 2 is 2.23 bits per heavy atom. The molecule has 13 heavy (non-hydrogen) atoms. The summed E-state index contributed by atoms with van der Waals surface area (Å²) < 4.78 is 0. The van der Waals surface area contributed by atoms with E-state index in [9.17, 15) is 9.59 Å². The van der Waals surface area contributed by atoms with E-state index >= 15 is 0 Å². The van der Waals surface area contributed by atoms with E-state index in [2.05, 4.69) is 0 Å². The van der Waals surface area contributed by atoms with Crippen molar-refractivity contribution in [2.75, 3.05) is 0 Å². The average molecular weight is 182 g/mol. The van der Waals surface area contributed by atoms with Gasteiger partial charge < -0.3 is 4.79 Å². The standard InChI is InChI=1S/C11H18O2/c1-9-5-4-7-10(11(9)13)6-2-3-8-12/h8-10H,2-7H2,1H3. The maximum Gasteiger partial charge on any atom is 0.138 e. The van der Waals surface area contributed by atoms with Crippen LogP contribution in [0.3, 0.4) is 0 Å². The smallest absolute Gasteiger partial charge is 0.138 e. The lowest BCUT2D eigenvalue weighted by molar-refractivity contribution is -0.128. The van der Waals surface area contributed by atoms with Gasteiger partial charge in [0.1, 0.15) is 12.1 Å². The molecule has 1 aliphatic carbocycles. The molecule has 1 rings (SSSR count). The van der Waals surface area contributed by atoms with Crippen LogP contribution < -0.4 is 0 Å². The maximum absolute atomic E-state index is 11.6. The minimum Gasteiger partial charge on any atom is -0.303 e. The number of Topliss-reactive ketones (excluding diaryl/α,β-unsaturated/α-hetero) is 1. The molecule has 2 heteroatoms. The molecular formula is C11H18O2.